The van der Waals surface area contributed by atoms with Gasteiger partial charge in [0.05, 0.1) is 13.3 Å². The lowest BCUT2D eigenvalue weighted by Crippen LogP contribution is -2.05. The summed E-state index contributed by atoms with van der Waals surface area (Å²) < 4.78 is 34.5. The van der Waals surface area contributed by atoms with E-state index in [2.05, 4.69) is 9.97 Å². The van der Waals surface area contributed by atoms with E-state index >= 15 is 0 Å². The van der Waals surface area contributed by atoms with Crippen LogP contribution in [0, 0.1) is 0 Å². The number of ether oxygens (including phenoxy) is 2. The van der Waals surface area contributed by atoms with Gasteiger partial charge >= 0.3 is 0 Å². The molecule has 2 rings (SSSR count). The van der Waals surface area contributed by atoms with Crippen LogP contribution in [0.25, 0.3) is 0 Å². The predicted molar refractivity (Wildman–Crippen MR) is 91.1 cm³/mol. The molecule has 8 nitrogen and oxygen atoms in total. The van der Waals surface area contributed by atoms with E-state index in [1.165, 1.54) is 19.4 Å². The Bertz CT molecular complexity index is 871. The summed E-state index contributed by atoms with van der Waals surface area (Å²) in [5.74, 6) is 0.290. The SMILES string of the molecule is COc1c(S(=O)(=O)Cl)ccc(C(C)C)c1Oc1cnc(N)nc1N. The molecule has 130 valence electrons. The van der Waals surface area contributed by atoms with Crippen LogP contribution in [0.5, 0.6) is 17.2 Å². The number of halogens is 1. The molecular formula is C14H17ClN4O4S. The Hall–Kier alpha value is -2.26. The molecule has 0 atom stereocenters. The van der Waals surface area contributed by atoms with Crippen molar-refractivity contribution in [3.63, 3.8) is 0 Å². The van der Waals surface area contributed by atoms with Gasteiger partial charge in [-0.15, -0.1) is 0 Å². The van der Waals surface area contributed by atoms with Crippen molar-refractivity contribution in [2.45, 2.75) is 24.7 Å². The normalized spacial score (nSPS) is 11.5. The fourth-order valence-corrected chi connectivity index (χ4v) is 3.08. The summed E-state index contributed by atoms with van der Waals surface area (Å²) in [5, 5.41) is 0. The van der Waals surface area contributed by atoms with Gasteiger partial charge in [-0.25, -0.2) is 13.4 Å². The minimum absolute atomic E-state index is 0.00650. The minimum atomic E-state index is -4.03. The van der Waals surface area contributed by atoms with E-state index in [-0.39, 0.29) is 39.8 Å². The highest BCUT2D eigenvalue weighted by Gasteiger charge is 2.25. The summed E-state index contributed by atoms with van der Waals surface area (Å²) in [5.41, 5.74) is 11.9. The zero-order valence-electron chi connectivity index (χ0n) is 13.3. The highest BCUT2D eigenvalue weighted by molar-refractivity contribution is 8.13. The molecule has 0 amide bonds. The van der Waals surface area contributed by atoms with E-state index in [1.807, 2.05) is 13.8 Å². The largest absolute Gasteiger partial charge is 0.492 e. The van der Waals surface area contributed by atoms with Crippen molar-refractivity contribution in [2.24, 2.45) is 0 Å². The molecule has 1 heterocycles. The van der Waals surface area contributed by atoms with Gasteiger partial charge in [0, 0.05) is 16.2 Å². The maximum absolute atomic E-state index is 11.8. The van der Waals surface area contributed by atoms with Crippen molar-refractivity contribution in [1.82, 2.24) is 9.97 Å². The van der Waals surface area contributed by atoms with Crippen LogP contribution in [0.3, 0.4) is 0 Å². The van der Waals surface area contributed by atoms with Crippen molar-refractivity contribution < 1.29 is 17.9 Å². The second-order valence-corrected chi connectivity index (χ2v) is 7.72. The van der Waals surface area contributed by atoms with Gasteiger partial charge in [-0.3, -0.25) is 0 Å². The monoisotopic (exact) mass is 372 g/mol. The van der Waals surface area contributed by atoms with E-state index in [0.717, 1.165) is 0 Å². The number of hydrogen-bond donors (Lipinski definition) is 2. The van der Waals surface area contributed by atoms with Crippen LogP contribution in [0.1, 0.15) is 25.3 Å². The van der Waals surface area contributed by atoms with Gasteiger partial charge < -0.3 is 20.9 Å². The smallest absolute Gasteiger partial charge is 0.265 e. The van der Waals surface area contributed by atoms with Crippen LogP contribution in [0.2, 0.25) is 0 Å². The summed E-state index contributed by atoms with van der Waals surface area (Å²) >= 11 is 0. The van der Waals surface area contributed by atoms with Crippen LogP contribution in [0.15, 0.2) is 23.2 Å². The molecular weight excluding hydrogens is 356 g/mol. The lowest BCUT2D eigenvalue weighted by molar-refractivity contribution is 0.365. The molecule has 0 unspecified atom stereocenters. The Kier molecular flexibility index (Phi) is 5.05. The van der Waals surface area contributed by atoms with Gasteiger partial charge in [0.1, 0.15) is 4.90 Å². The number of anilines is 2. The second-order valence-electron chi connectivity index (χ2n) is 5.19. The third kappa shape index (κ3) is 3.62. The van der Waals surface area contributed by atoms with E-state index in [1.54, 1.807) is 6.07 Å². The first kappa shape index (κ1) is 18.1. The molecule has 0 saturated heterocycles. The van der Waals surface area contributed by atoms with Crippen molar-refractivity contribution in [3.8, 4) is 17.2 Å². The van der Waals surface area contributed by atoms with Gasteiger partial charge in [0.25, 0.3) is 9.05 Å². The van der Waals surface area contributed by atoms with E-state index in [4.69, 9.17) is 31.6 Å². The number of hydrogen-bond acceptors (Lipinski definition) is 8. The van der Waals surface area contributed by atoms with Gasteiger partial charge in [-0.1, -0.05) is 19.9 Å². The minimum Gasteiger partial charge on any atom is -0.492 e. The third-order valence-corrected chi connectivity index (χ3v) is 4.55. The van der Waals surface area contributed by atoms with E-state index in [0.29, 0.717) is 5.56 Å². The Balaban J connectivity index is 2.69. The van der Waals surface area contributed by atoms with Gasteiger partial charge in [-0.05, 0) is 12.0 Å². The van der Waals surface area contributed by atoms with Crippen LogP contribution >= 0.6 is 10.7 Å². The molecule has 0 fully saturated rings. The summed E-state index contributed by atoms with van der Waals surface area (Å²) in [6.45, 7) is 3.83. The molecule has 4 N–H and O–H groups in total. The zero-order valence-corrected chi connectivity index (χ0v) is 14.9. The molecule has 2 aromatic rings. The first-order valence-electron chi connectivity index (χ1n) is 6.86. The van der Waals surface area contributed by atoms with Crippen molar-refractivity contribution >= 4 is 31.5 Å². The lowest BCUT2D eigenvalue weighted by atomic mass is 10.0. The summed E-state index contributed by atoms with van der Waals surface area (Å²) in [6, 6.07) is 2.97. The molecule has 1 aromatic carbocycles. The fraction of sp³-hybridized carbons (Fsp3) is 0.286. The summed E-state index contributed by atoms with van der Waals surface area (Å²) in [6.07, 6.45) is 1.29. The van der Waals surface area contributed by atoms with Crippen LogP contribution in [0.4, 0.5) is 11.8 Å². The maximum Gasteiger partial charge on any atom is 0.265 e. The van der Waals surface area contributed by atoms with Crippen molar-refractivity contribution in [2.75, 3.05) is 18.6 Å². The maximum atomic E-state index is 11.8. The van der Waals surface area contributed by atoms with E-state index < -0.39 is 9.05 Å². The Morgan fingerprint density at radius 2 is 1.88 bits per heavy atom. The number of rotatable bonds is 5. The standard InChI is InChI=1S/C14H17ClN4O4S/c1-7(2)8-4-5-10(24(15,20)21)12(22-3)11(8)23-9-6-18-14(17)19-13(9)16/h4-7H,1-3H3,(H4,16,17,18,19). The molecule has 1 aromatic heterocycles. The van der Waals surface area contributed by atoms with Gasteiger partial charge in [-0.2, -0.15) is 4.98 Å². The molecule has 0 aliphatic rings. The number of methoxy groups -OCH3 is 1. The van der Waals surface area contributed by atoms with Crippen LogP contribution in [-0.4, -0.2) is 25.5 Å². The van der Waals surface area contributed by atoms with Crippen LogP contribution in [-0.2, 0) is 9.05 Å². The molecule has 10 heteroatoms. The molecule has 0 aliphatic heterocycles. The number of nitrogen functional groups attached to an aromatic ring is 2. The average Bonchev–Trinajstić information content (AvgIpc) is 2.48. The van der Waals surface area contributed by atoms with Gasteiger partial charge in [0.2, 0.25) is 5.95 Å². The fourth-order valence-electron chi connectivity index (χ4n) is 2.09. The molecule has 0 aliphatic carbocycles. The number of nitrogens with two attached hydrogens (primary N) is 2. The quantitative estimate of drug-likeness (QED) is 0.765. The van der Waals surface area contributed by atoms with Crippen LogP contribution < -0.4 is 20.9 Å². The topological polar surface area (TPSA) is 130 Å². The molecule has 0 bridgehead atoms. The highest BCUT2D eigenvalue weighted by Crippen LogP contribution is 2.44. The first-order chi connectivity index (χ1) is 11.1. The summed E-state index contributed by atoms with van der Waals surface area (Å²) in [7, 11) is 2.76. The summed E-state index contributed by atoms with van der Waals surface area (Å²) in [4.78, 5) is 7.41. The predicted octanol–water partition coefficient (Wildman–Crippen LogP) is 2.49. The van der Waals surface area contributed by atoms with E-state index in [9.17, 15) is 8.42 Å². The molecule has 0 saturated carbocycles. The number of aromatic nitrogens is 2. The first-order valence-corrected chi connectivity index (χ1v) is 9.17. The second kappa shape index (κ2) is 6.70. The number of benzene rings is 1. The highest BCUT2D eigenvalue weighted by atomic mass is 35.7. The Labute approximate surface area is 144 Å². The molecule has 0 radical (unpaired) electrons. The van der Waals surface area contributed by atoms with Gasteiger partial charge in [0.15, 0.2) is 23.1 Å². The Morgan fingerprint density at radius 1 is 1.21 bits per heavy atom. The zero-order chi connectivity index (χ0) is 18.1. The average molecular weight is 373 g/mol. The number of nitrogens with zero attached hydrogens (tertiary/aromatic N) is 2. The van der Waals surface area contributed by atoms with Crippen molar-refractivity contribution in [3.05, 3.63) is 23.9 Å². The Morgan fingerprint density at radius 3 is 2.38 bits per heavy atom. The third-order valence-electron chi connectivity index (χ3n) is 3.21. The lowest BCUT2D eigenvalue weighted by Gasteiger charge is -2.19. The molecule has 0 spiro atoms. The van der Waals surface area contributed by atoms with Crippen molar-refractivity contribution in [1.29, 1.82) is 0 Å². The molecule has 24 heavy (non-hydrogen) atoms.